The monoisotopic (exact) mass is 601 g/mol. The Morgan fingerprint density at radius 3 is 1.30 bits per heavy atom. The molecule has 46 heavy (non-hydrogen) atoms. The summed E-state index contributed by atoms with van der Waals surface area (Å²) < 4.78 is 0. The molecule has 0 saturated heterocycles. The van der Waals surface area contributed by atoms with Crippen molar-refractivity contribution in [1.82, 2.24) is 0 Å². The minimum atomic E-state index is -0.144. The highest BCUT2D eigenvalue weighted by molar-refractivity contribution is 5.98. The van der Waals surface area contributed by atoms with Crippen LogP contribution in [0.4, 0.5) is 39.8 Å². The molecule has 230 valence electrons. The van der Waals surface area contributed by atoms with Gasteiger partial charge in [-0.25, -0.2) is 0 Å². The van der Waals surface area contributed by atoms with Gasteiger partial charge in [-0.05, 0) is 86.3 Å². The van der Waals surface area contributed by atoms with Crippen LogP contribution in [0.2, 0.25) is 0 Å². The molecule has 0 radical (unpaired) electrons. The Kier molecular flexibility index (Phi) is 5.22. The van der Waals surface area contributed by atoms with Crippen molar-refractivity contribution in [3.63, 3.8) is 0 Å². The van der Waals surface area contributed by atoms with E-state index >= 15 is 0 Å². The van der Waals surface area contributed by atoms with Crippen LogP contribution in [0.5, 0.6) is 0 Å². The average molecular weight is 602 g/mol. The lowest BCUT2D eigenvalue weighted by molar-refractivity contribution is 0.327. The first kappa shape index (κ1) is 27.8. The Hall–Kier alpha value is -4.50. The van der Waals surface area contributed by atoms with Crippen LogP contribution in [0.3, 0.4) is 0 Å². The van der Waals surface area contributed by atoms with Crippen LogP contribution in [0.15, 0.2) is 109 Å². The first-order chi connectivity index (χ1) is 21.9. The molecular formula is C43H43N3. The standard InChI is InChI=1S/C43H43N3/c1-40(2)32-23-15-21-30-36-31-22-16-24-33-39(31)46(43(7,8)41(33,3)4)35-26-29(25-34(37(35)36)45(38(30)32)42(40,5)6)44(27-17-11-9-12-18-27)28-19-13-10-14-20-28/h9-26,36H,1-8H3. The predicted octanol–water partition coefficient (Wildman–Crippen LogP) is 11.4. The zero-order chi connectivity index (χ0) is 32.0. The second-order valence-corrected chi connectivity index (χ2v) is 15.9. The number of hydrogen-bond acceptors (Lipinski definition) is 3. The predicted molar refractivity (Wildman–Crippen MR) is 193 cm³/mol. The summed E-state index contributed by atoms with van der Waals surface area (Å²) in [7, 11) is 0. The second-order valence-electron chi connectivity index (χ2n) is 15.9. The van der Waals surface area contributed by atoms with Crippen LogP contribution in [-0.4, -0.2) is 11.1 Å². The number of benzene rings is 5. The van der Waals surface area contributed by atoms with Gasteiger partial charge in [-0.1, -0.05) is 100 Å². The Balaban J connectivity index is 1.44. The molecule has 0 bridgehead atoms. The third kappa shape index (κ3) is 3.10. The van der Waals surface area contributed by atoms with Gasteiger partial charge < -0.3 is 14.7 Å². The molecule has 5 aromatic carbocycles. The van der Waals surface area contributed by atoms with Crippen LogP contribution >= 0.6 is 0 Å². The van der Waals surface area contributed by atoms with Crippen molar-refractivity contribution in [3.8, 4) is 0 Å². The highest BCUT2D eigenvalue weighted by atomic mass is 15.3. The first-order valence-corrected chi connectivity index (χ1v) is 16.8. The van der Waals surface area contributed by atoms with Crippen LogP contribution in [-0.2, 0) is 10.8 Å². The number of hydrogen-bond donors (Lipinski definition) is 0. The molecule has 4 aliphatic rings. The summed E-state index contributed by atoms with van der Waals surface area (Å²) >= 11 is 0. The van der Waals surface area contributed by atoms with E-state index in [1.165, 1.54) is 56.3 Å². The molecule has 4 heterocycles. The summed E-state index contributed by atoms with van der Waals surface area (Å²) in [6.07, 6.45) is 0. The van der Waals surface area contributed by atoms with Crippen molar-refractivity contribution in [2.75, 3.05) is 14.7 Å². The van der Waals surface area contributed by atoms with Crippen molar-refractivity contribution < 1.29 is 0 Å². The fraction of sp³-hybridized carbons (Fsp3) is 0.302. The highest BCUT2D eigenvalue weighted by Crippen LogP contribution is 2.69. The van der Waals surface area contributed by atoms with Gasteiger partial charge >= 0.3 is 0 Å². The lowest BCUT2D eigenvalue weighted by Gasteiger charge is -2.51. The Labute approximate surface area is 274 Å². The summed E-state index contributed by atoms with van der Waals surface area (Å²) in [5.74, 6) is 0.174. The minimum Gasteiger partial charge on any atom is -0.334 e. The van der Waals surface area contributed by atoms with E-state index in [2.05, 4.69) is 179 Å². The number of rotatable bonds is 3. The third-order valence-electron chi connectivity index (χ3n) is 12.9. The number of anilines is 7. The molecule has 0 amide bonds. The van der Waals surface area contributed by atoms with E-state index in [4.69, 9.17) is 0 Å². The summed E-state index contributed by atoms with van der Waals surface area (Å²) in [5.41, 5.74) is 15.8. The Morgan fingerprint density at radius 2 is 0.891 bits per heavy atom. The highest BCUT2D eigenvalue weighted by Gasteiger charge is 2.59. The van der Waals surface area contributed by atoms with E-state index in [9.17, 15) is 0 Å². The molecule has 4 aliphatic heterocycles. The average Bonchev–Trinajstić information content (AvgIpc) is 3.31. The van der Waals surface area contributed by atoms with E-state index in [1.54, 1.807) is 0 Å². The molecule has 9 rings (SSSR count). The Morgan fingerprint density at radius 1 is 0.478 bits per heavy atom. The SMILES string of the molecule is CC1(C)c2cccc3c2N(c2cc(N(c4ccccc4)c4ccccc4)cc4c2C3c2cccc3c2N4C(C)(C)C3(C)C)C1(C)C. The summed E-state index contributed by atoms with van der Waals surface area (Å²) in [6, 6.07) is 40.9. The minimum absolute atomic E-state index is 0.0457. The maximum atomic E-state index is 2.72. The van der Waals surface area contributed by atoms with Gasteiger partial charge in [0.25, 0.3) is 0 Å². The lowest BCUT2D eigenvalue weighted by atomic mass is 9.72. The normalized spacial score (nSPS) is 19.8. The largest absolute Gasteiger partial charge is 0.334 e. The van der Waals surface area contributed by atoms with Crippen LogP contribution in [0.1, 0.15) is 89.1 Å². The van der Waals surface area contributed by atoms with Gasteiger partial charge in [0.15, 0.2) is 0 Å². The van der Waals surface area contributed by atoms with Crippen LogP contribution < -0.4 is 14.7 Å². The van der Waals surface area contributed by atoms with Gasteiger partial charge in [-0.15, -0.1) is 0 Å². The van der Waals surface area contributed by atoms with Crippen molar-refractivity contribution in [1.29, 1.82) is 0 Å². The lowest BCUT2D eigenvalue weighted by Crippen LogP contribution is -2.51. The Bertz CT molecular complexity index is 1920. The molecule has 0 N–H and O–H groups in total. The van der Waals surface area contributed by atoms with E-state index in [0.717, 1.165) is 11.4 Å². The van der Waals surface area contributed by atoms with Crippen molar-refractivity contribution in [2.45, 2.75) is 83.2 Å². The smallest absolute Gasteiger partial charge is 0.0503 e. The fourth-order valence-corrected chi connectivity index (χ4v) is 9.20. The van der Waals surface area contributed by atoms with Gasteiger partial charge in [0, 0.05) is 56.1 Å². The second kappa shape index (κ2) is 8.64. The number of fused-ring (bicyclic) bond motifs is 4. The van der Waals surface area contributed by atoms with Gasteiger partial charge in [-0.3, -0.25) is 0 Å². The number of nitrogens with zero attached hydrogens (tertiary/aromatic N) is 3. The van der Waals surface area contributed by atoms with Gasteiger partial charge in [0.1, 0.15) is 0 Å². The maximum absolute atomic E-state index is 2.72. The molecule has 5 aromatic rings. The quantitative estimate of drug-likeness (QED) is 0.204. The van der Waals surface area contributed by atoms with Gasteiger partial charge in [-0.2, -0.15) is 0 Å². The molecule has 0 fully saturated rings. The molecule has 0 spiro atoms. The summed E-state index contributed by atoms with van der Waals surface area (Å²) in [6.45, 7) is 19.5. The maximum Gasteiger partial charge on any atom is 0.0503 e. The van der Waals surface area contributed by atoms with E-state index in [-0.39, 0.29) is 27.8 Å². The topological polar surface area (TPSA) is 9.72 Å². The molecule has 0 unspecified atom stereocenters. The number of para-hydroxylation sites is 4. The molecule has 0 atom stereocenters. The molecule has 0 saturated carbocycles. The van der Waals surface area contributed by atoms with E-state index < -0.39 is 0 Å². The van der Waals surface area contributed by atoms with Crippen LogP contribution in [0, 0.1) is 0 Å². The van der Waals surface area contributed by atoms with E-state index in [0.29, 0.717) is 0 Å². The van der Waals surface area contributed by atoms with Crippen molar-refractivity contribution >= 4 is 39.8 Å². The molecule has 3 nitrogen and oxygen atoms in total. The third-order valence-corrected chi connectivity index (χ3v) is 12.9. The van der Waals surface area contributed by atoms with E-state index in [1.807, 2.05) is 0 Å². The molecule has 3 heteroatoms. The molecular weight excluding hydrogens is 558 g/mol. The zero-order valence-corrected chi connectivity index (χ0v) is 28.3. The van der Waals surface area contributed by atoms with Crippen molar-refractivity contribution in [2.24, 2.45) is 0 Å². The molecule has 0 aromatic heterocycles. The summed E-state index contributed by atoms with van der Waals surface area (Å²) in [4.78, 5) is 7.87. The van der Waals surface area contributed by atoms with Gasteiger partial charge in [0.05, 0.1) is 17.1 Å². The summed E-state index contributed by atoms with van der Waals surface area (Å²) in [5, 5.41) is 0. The fourth-order valence-electron chi connectivity index (χ4n) is 9.20. The van der Waals surface area contributed by atoms with Crippen molar-refractivity contribution in [3.05, 3.63) is 137 Å². The first-order valence-electron chi connectivity index (χ1n) is 16.8. The molecule has 0 aliphatic carbocycles. The van der Waals surface area contributed by atoms with Crippen LogP contribution in [0.25, 0.3) is 0 Å². The van der Waals surface area contributed by atoms with Gasteiger partial charge in [0.2, 0.25) is 0 Å². The zero-order valence-electron chi connectivity index (χ0n) is 28.3.